The number of nitrogens with one attached hydrogen (secondary N) is 1. The van der Waals surface area contributed by atoms with Crippen LogP contribution < -0.4 is 15.8 Å². The highest BCUT2D eigenvalue weighted by molar-refractivity contribution is 5.29. The molecular formula is C14H24N2O. The van der Waals surface area contributed by atoms with Crippen LogP contribution in [0.25, 0.3) is 0 Å². The molecule has 0 aliphatic rings. The fraction of sp³-hybridized carbons (Fsp3) is 0.571. The van der Waals surface area contributed by atoms with E-state index in [4.69, 9.17) is 10.5 Å². The predicted octanol–water partition coefficient (Wildman–Crippen LogP) is 2.47. The lowest BCUT2D eigenvalue weighted by Crippen LogP contribution is -2.41. The Hall–Kier alpha value is -1.06. The maximum atomic E-state index is 5.84. The fourth-order valence-corrected chi connectivity index (χ4v) is 1.66. The third kappa shape index (κ3) is 4.36. The summed E-state index contributed by atoms with van der Waals surface area (Å²) in [5, 5.41) is 3.48. The first-order valence-electron chi connectivity index (χ1n) is 6.29. The van der Waals surface area contributed by atoms with Gasteiger partial charge in [0, 0.05) is 18.1 Å². The summed E-state index contributed by atoms with van der Waals surface area (Å²) in [6.07, 6.45) is 0. The van der Waals surface area contributed by atoms with Gasteiger partial charge in [0.2, 0.25) is 0 Å². The van der Waals surface area contributed by atoms with Gasteiger partial charge in [0.25, 0.3) is 0 Å². The van der Waals surface area contributed by atoms with Crippen LogP contribution in [-0.4, -0.2) is 18.7 Å². The van der Waals surface area contributed by atoms with Gasteiger partial charge in [-0.15, -0.1) is 0 Å². The van der Waals surface area contributed by atoms with Crippen molar-refractivity contribution >= 4 is 0 Å². The molecule has 96 valence electrons. The van der Waals surface area contributed by atoms with Crippen LogP contribution in [0.3, 0.4) is 0 Å². The van der Waals surface area contributed by atoms with Crippen molar-refractivity contribution in [3.05, 3.63) is 29.8 Å². The van der Waals surface area contributed by atoms with Crippen LogP contribution >= 0.6 is 0 Å². The standard InChI is InChI=1S/C14H24N2O/c1-5-17-14-8-6-13(7-9-14)12(4)16-11(3)10(2)15/h6-12,16H,5,15H2,1-4H3. The highest BCUT2D eigenvalue weighted by Crippen LogP contribution is 2.18. The summed E-state index contributed by atoms with van der Waals surface area (Å²) in [5.41, 5.74) is 7.09. The van der Waals surface area contributed by atoms with E-state index in [1.807, 2.05) is 26.0 Å². The molecule has 1 aromatic carbocycles. The van der Waals surface area contributed by atoms with Gasteiger partial charge in [-0.05, 0) is 45.4 Å². The van der Waals surface area contributed by atoms with Gasteiger partial charge in [-0.1, -0.05) is 12.1 Å². The quantitative estimate of drug-likeness (QED) is 0.797. The van der Waals surface area contributed by atoms with Crippen LogP contribution in [0.2, 0.25) is 0 Å². The summed E-state index contributed by atoms with van der Waals surface area (Å²) in [5.74, 6) is 0.920. The number of ether oxygens (including phenoxy) is 1. The van der Waals surface area contributed by atoms with E-state index in [1.165, 1.54) is 5.56 Å². The summed E-state index contributed by atoms with van der Waals surface area (Å²) in [7, 11) is 0. The summed E-state index contributed by atoms with van der Waals surface area (Å²) >= 11 is 0. The van der Waals surface area contributed by atoms with Crippen LogP contribution in [0.15, 0.2) is 24.3 Å². The maximum Gasteiger partial charge on any atom is 0.119 e. The number of hydrogen-bond donors (Lipinski definition) is 2. The van der Waals surface area contributed by atoms with Crippen LogP contribution in [0.1, 0.15) is 39.3 Å². The average molecular weight is 236 g/mol. The molecule has 17 heavy (non-hydrogen) atoms. The zero-order valence-corrected chi connectivity index (χ0v) is 11.2. The third-order valence-electron chi connectivity index (χ3n) is 2.99. The molecule has 0 bridgehead atoms. The Kier molecular flexibility index (Phi) is 5.45. The Bertz CT molecular complexity index is 321. The van der Waals surface area contributed by atoms with Crippen molar-refractivity contribution in [3.8, 4) is 5.75 Å². The molecule has 0 aliphatic carbocycles. The van der Waals surface area contributed by atoms with Gasteiger partial charge < -0.3 is 15.8 Å². The average Bonchev–Trinajstić information content (AvgIpc) is 2.30. The lowest BCUT2D eigenvalue weighted by atomic mass is 10.1. The normalized spacial score (nSPS) is 16.3. The highest BCUT2D eigenvalue weighted by Gasteiger charge is 2.12. The molecule has 0 saturated carbocycles. The Morgan fingerprint density at radius 2 is 1.76 bits per heavy atom. The zero-order valence-electron chi connectivity index (χ0n) is 11.2. The van der Waals surface area contributed by atoms with Crippen molar-refractivity contribution in [2.75, 3.05) is 6.61 Å². The molecule has 3 unspecified atom stereocenters. The topological polar surface area (TPSA) is 47.3 Å². The minimum absolute atomic E-state index is 0.153. The van der Waals surface area contributed by atoms with Crippen molar-refractivity contribution in [2.45, 2.75) is 45.8 Å². The van der Waals surface area contributed by atoms with Gasteiger partial charge in [-0.3, -0.25) is 0 Å². The number of nitrogens with two attached hydrogens (primary N) is 1. The zero-order chi connectivity index (χ0) is 12.8. The van der Waals surface area contributed by atoms with Crippen molar-refractivity contribution in [3.63, 3.8) is 0 Å². The SMILES string of the molecule is CCOc1ccc(C(C)NC(C)C(C)N)cc1. The molecule has 0 fully saturated rings. The second-order valence-corrected chi connectivity index (χ2v) is 4.54. The van der Waals surface area contributed by atoms with Gasteiger partial charge in [0.05, 0.1) is 6.61 Å². The van der Waals surface area contributed by atoms with Gasteiger partial charge in [-0.25, -0.2) is 0 Å². The summed E-state index contributed by atoms with van der Waals surface area (Å²) in [4.78, 5) is 0. The molecular weight excluding hydrogens is 212 g/mol. The summed E-state index contributed by atoms with van der Waals surface area (Å²) in [6.45, 7) is 8.96. The molecule has 0 heterocycles. The third-order valence-corrected chi connectivity index (χ3v) is 2.99. The minimum atomic E-state index is 0.153. The highest BCUT2D eigenvalue weighted by atomic mass is 16.5. The molecule has 3 heteroatoms. The van der Waals surface area contributed by atoms with E-state index in [2.05, 4.69) is 31.3 Å². The van der Waals surface area contributed by atoms with Crippen LogP contribution in [0, 0.1) is 0 Å². The molecule has 0 radical (unpaired) electrons. The Balaban J connectivity index is 2.60. The van der Waals surface area contributed by atoms with Crippen molar-refractivity contribution < 1.29 is 4.74 Å². The molecule has 0 saturated heterocycles. The first-order chi connectivity index (χ1) is 8.04. The van der Waals surface area contributed by atoms with Crippen molar-refractivity contribution in [1.29, 1.82) is 0 Å². The minimum Gasteiger partial charge on any atom is -0.494 e. The Morgan fingerprint density at radius 3 is 2.24 bits per heavy atom. The predicted molar refractivity (Wildman–Crippen MR) is 72.3 cm³/mol. The summed E-state index contributed by atoms with van der Waals surface area (Å²) in [6, 6.07) is 8.96. The van der Waals surface area contributed by atoms with Crippen LogP contribution in [-0.2, 0) is 0 Å². The van der Waals surface area contributed by atoms with Crippen molar-refractivity contribution in [1.82, 2.24) is 5.32 Å². The van der Waals surface area contributed by atoms with E-state index < -0.39 is 0 Å². The second-order valence-electron chi connectivity index (χ2n) is 4.54. The first-order valence-corrected chi connectivity index (χ1v) is 6.29. The monoisotopic (exact) mass is 236 g/mol. The van der Waals surface area contributed by atoms with Crippen molar-refractivity contribution in [2.24, 2.45) is 5.73 Å². The van der Waals surface area contributed by atoms with E-state index in [1.54, 1.807) is 0 Å². The van der Waals surface area contributed by atoms with E-state index in [-0.39, 0.29) is 6.04 Å². The van der Waals surface area contributed by atoms with Gasteiger partial charge in [0.15, 0.2) is 0 Å². The number of hydrogen-bond acceptors (Lipinski definition) is 3. The molecule has 3 nitrogen and oxygen atoms in total. The first kappa shape index (κ1) is 14.0. The molecule has 1 rings (SSSR count). The fourth-order valence-electron chi connectivity index (χ4n) is 1.66. The van der Waals surface area contributed by atoms with Gasteiger partial charge in [-0.2, -0.15) is 0 Å². The Morgan fingerprint density at radius 1 is 1.18 bits per heavy atom. The number of benzene rings is 1. The second kappa shape index (κ2) is 6.62. The molecule has 0 aliphatic heterocycles. The molecule has 1 aromatic rings. The lowest BCUT2D eigenvalue weighted by Gasteiger charge is -2.23. The molecule has 0 spiro atoms. The molecule has 0 amide bonds. The van der Waals surface area contributed by atoms with E-state index in [0.29, 0.717) is 18.7 Å². The Labute approximate surface area is 104 Å². The molecule has 3 atom stereocenters. The smallest absolute Gasteiger partial charge is 0.119 e. The molecule has 3 N–H and O–H groups in total. The van der Waals surface area contributed by atoms with Gasteiger partial charge >= 0.3 is 0 Å². The maximum absolute atomic E-state index is 5.84. The number of rotatable bonds is 6. The van der Waals surface area contributed by atoms with Gasteiger partial charge in [0.1, 0.15) is 5.75 Å². The lowest BCUT2D eigenvalue weighted by molar-refractivity contribution is 0.340. The van der Waals surface area contributed by atoms with E-state index in [0.717, 1.165) is 5.75 Å². The van der Waals surface area contributed by atoms with Crippen LogP contribution in [0.4, 0.5) is 0 Å². The van der Waals surface area contributed by atoms with Crippen LogP contribution in [0.5, 0.6) is 5.75 Å². The summed E-state index contributed by atoms with van der Waals surface area (Å²) < 4.78 is 5.42. The largest absolute Gasteiger partial charge is 0.494 e. The molecule has 0 aromatic heterocycles. The van der Waals surface area contributed by atoms with E-state index in [9.17, 15) is 0 Å². The van der Waals surface area contributed by atoms with E-state index >= 15 is 0 Å².